The van der Waals surface area contributed by atoms with Gasteiger partial charge < -0.3 is 4.74 Å². The summed E-state index contributed by atoms with van der Waals surface area (Å²) in [6, 6.07) is 0.220. The summed E-state index contributed by atoms with van der Waals surface area (Å²) in [6.07, 6.45) is -3.64. The van der Waals surface area contributed by atoms with Crippen LogP contribution in [0.5, 0.6) is 0 Å². The largest absolute Gasteiger partial charge is 0.466 e. The van der Waals surface area contributed by atoms with E-state index >= 15 is 0 Å². The average molecular weight is 428 g/mol. The Balaban J connectivity index is 2.26. The van der Waals surface area contributed by atoms with Crippen molar-refractivity contribution >= 4 is 46.6 Å². The van der Waals surface area contributed by atoms with E-state index in [4.69, 9.17) is 11.6 Å². The summed E-state index contributed by atoms with van der Waals surface area (Å²) in [5.74, 6) is -5.45. The maximum atomic E-state index is 13.8. The third-order valence-corrected chi connectivity index (χ3v) is 4.15. The molecule has 1 heterocycles. The van der Waals surface area contributed by atoms with Crippen LogP contribution in [0.25, 0.3) is 0 Å². The van der Waals surface area contributed by atoms with Gasteiger partial charge >= 0.3 is 12.1 Å². The smallest absolute Gasteiger partial charge is 0.419 e. The van der Waals surface area contributed by atoms with Crippen LogP contribution >= 0.6 is 23.4 Å². The molecular formula is C14H7ClF5N3O3S. The van der Waals surface area contributed by atoms with Crippen LogP contribution in [0.15, 0.2) is 27.3 Å². The van der Waals surface area contributed by atoms with Crippen molar-refractivity contribution in [3.63, 3.8) is 0 Å². The molecule has 144 valence electrons. The van der Waals surface area contributed by atoms with E-state index in [2.05, 4.69) is 20.3 Å². The highest BCUT2D eigenvalue weighted by Crippen LogP contribution is 2.35. The summed E-state index contributed by atoms with van der Waals surface area (Å²) in [5.41, 5.74) is -2.61. The Morgan fingerprint density at radius 2 is 2.00 bits per heavy atom. The zero-order chi connectivity index (χ0) is 20.4. The number of carbonyl (C=O) groups is 2. The first-order valence-corrected chi connectivity index (χ1v) is 7.88. The van der Waals surface area contributed by atoms with Crippen molar-refractivity contribution in [2.24, 2.45) is 10.2 Å². The summed E-state index contributed by atoms with van der Waals surface area (Å²) < 4.78 is 69.5. The number of rotatable bonds is 3. The van der Waals surface area contributed by atoms with Crippen molar-refractivity contribution in [2.45, 2.75) is 6.18 Å². The van der Waals surface area contributed by atoms with Crippen molar-refractivity contribution in [1.82, 2.24) is 5.32 Å². The van der Waals surface area contributed by atoms with Crippen LogP contribution in [-0.2, 0) is 20.5 Å². The number of carbonyl (C=O) groups excluding carboxylic acids is 2. The van der Waals surface area contributed by atoms with Gasteiger partial charge in [-0.05, 0) is 17.8 Å². The van der Waals surface area contributed by atoms with Gasteiger partial charge in [0.1, 0.15) is 0 Å². The van der Waals surface area contributed by atoms with Gasteiger partial charge in [-0.15, -0.1) is 5.10 Å². The van der Waals surface area contributed by atoms with E-state index in [9.17, 15) is 31.5 Å². The number of hydrogen-bond acceptors (Lipinski definition) is 6. The molecule has 27 heavy (non-hydrogen) atoms. The maximum Gasteiger partial charge on any atom is 0.419 e. The molecular weight excluding hydrogens is 421 g/mol. The zero-order valence-corrected chi connectivity index (χ0v) is 14.6. The van der Waals surface area contributed by atoms with E-state index in [0.717, 1.165) is 13.2 Å². The van der Waals surface area contributed by atoms with Gasteiger partial charge in [0.15, 0.2) is 16.8 Å². The van der Waals surface area contributed by atoms with Crippen LogP contribution in [-0.4, -0.2) is 30.4 Å². The number of methoxy groups -OCH3 is 1. The van der Waals surface area contributed by atoms with Gasteiger partial charge in [-0.2, -0.15) is 18.3 Å². The molecule has 1 aliphatic rings. The Morgan fingerprint density at radius 3 is 2.59 bits per heavy atom. The van der Waals surface area contributed by atoms with Gasteiger partial charge in [0.2, 0.25) is 0 Å². The lowest BCUT2D eigenvalue weighted by molar-refractivity contribution is -0.140. The number of amides is 1. The molecule has 1 aliphatic heterocycles. The maximum absolute atomic E-state index is 13.8. The topological polar surface area (TPSA) is 80.1 Å². The first-order valence-electron chi connectivity index (χ1n) is 6.69. The van der Waals surface area contributed by atoms with Crippen molar-refractivity contribution in [3.05, 3.63) is 44.8 Å². The van der Waals surface area contributed by atoms with Crippen LogP contribution in [0.4, 0.5) is 22.0 Å². The normalized spacial score (nSPS) is 17.8. The minimum Gasteiger partial charge on any atom is -0.466 e. The molecule has 1 amide bonds. The van der Waals surface area contributed by atoms with Gasteiger partial charge in [0.05, 0.1) is 34.4 Å². The summed E-state index contributed by atoms with van der Waals surface area (Å²) in [4.78, 5) is 22.6. The van der Waals surface area contributed by atoms with E-state index in [1.807, 2.05) is 0 Å². The van der Waals surface area contributed by atoms with Crippen LogP contribution in [0.3, 0.4) is 0 Å². The average Bonchev–Trinajstić information content (AvgIpc) is 2.92. The van der Waals surface area contributed by atoms with Crippen LogP contribution < -0.4 is 5.32 Å². The Morgan fingerprint density at radius 1 is 1.33 bits per heavy atom. The molecule has 1 N–H and O–H groups in total. The second-order valence-corrected chi connectivity index (χ2v) is 6.12. The van der Waals surface area contributed by atoms with Crippen LogP contribution in [0, 0.1) is 11.6 Å². The molecule has 13 heteroatoms. The fraction of sp³-hybridized carbons (Fsp3) is 0.143. The zero-order valence-electron chi connectivity index (χ0n) is 13.0. The minimum absolute atomic E-state index is 0.0550. The molecule has 0 unspecified atom stereocenters. The summed E-state index contributed by atoms with van der Waals surface area (Å²) in [6.45, 7) is 0. The Bertz CT molecular complexity index is 899. The van der Waals surface area contributed by atoms with Crippen molar-refractivity contribution in [2.75, 3.05) is 7.11 Å². The lowest BCUT2D eigenvalue weighted by Gasteiger charge is -2.10. The number of alkyl halides is 3. The quantitative estimate of drug-likeness (QED) is 0.200. The number of nitrogens with one attached hydrogen (secondary N) is 1. The summed E-state index contributed by atoms with van der Waals surface area (Å²) in [7, 11) is 1.11. The monoisotopic (exact) mass is 427 g/mol. The van der Waals surface area contributed by atoms with E-state index in [1.54, 1.807) is 0 Å². The highest BCUT2D eigenvalue weighted by molar-refractivity contribution is 8.18. The molecule has 0 aromatic heterocycles. The molecule has 0 atom stereocenters. The van der Waals surface area contributed by atoms with E-state index < -0.39 is 45.8 Å². The number of esters is 1. The highest BCUT2D eigenvalue weighted by atomic mass is 35.5. The van der Waals surface area contributed by atoms with Gasteiger partial charge in [0.25, 0.3) is 5.91 Å². The van der Waals surface area contributed by atoms with Crippen molar-refractivity contribution < 1.29 is 36.3 Å². The Labute approximate surface area is 157 Å². The molecule has 1 aromatic rings. The fourth-order valence-electron chi connectivity index (χ4n) is 1.71. The van der Waals surface area contributed by atoms with Gasteiger partial charge in [0, 0.05) is 6.08 Å². The first-order chi connectivity index (χ1) is 12.5. The number of thioether (sulfide) groups is 1. The molecule has 1 fully saturated rings. The minimum atomic E-state index is -5.13. The highest BCUT2D eigenvalue weighted by Gasteiger charge is 2.37. The second-order valence-electron chi connectivity index (χ2n) is 4.68. The number of benzene rings is 1. The summed E-state index contributed by atoms with van der Waals surface area (Å²) >= 11 is 6.25. The van der Waals surface area contributed by atoms with E-state index in [1.165, 1.54) is 0 Å². The predicted octanol–water partition coefficient (Wildman–Crippen LogP) is 3.25. The molecule has 1 saturated heterocycles. The molecule has 0 spiro atoms. The number of ether oxygens (including phenoxy) is 1. The molecule has 1 aromatic carbocycles. The predicted molar refractivity (Wildman–Crippen MR) is 87.2 cm³/mol. The van der Waals surface area contributed by atoms with E-state index in [0.29, 0.717) is 18.0 Å². The molecule has 6 nitrogen and oxygen atoms in total. The SMILES string of the molecule is COC(=O)/C=C1/S/C(=N\N=Cc2c(Cl)cc(C(F)(F)F)c(F)c2F)NC1=O. The number of nitrogens with zero attached hydrogens (tertiary/aromatic N) is 2. The van der Waals surface area contributed by atoms with Crippen molar-refractivity contribution in [1.29, 1.82) is 0 Å². The lowest BCUT2D eigenvalue weighted by Crippen LogP contribution is -2.19. The van der Waals surface area contributed by atoms with Crippen molar-refractivity contribution in [3.8, 4) is 0 Å². The van der Waals surface area contributed by atoms with Crippen LogP contribution in [0.1, 0.15) is 11.1 Å². The third kappa shape index (κ3) is 4.83. The molecule has 0 bridgehead atoms. The summed E-state index contributed by atoms with van der Waals surface area (Å²) in [5, 5.41) is 8.22. The second kappa shape index (κ2) is 8.05. The third-order valence-electron chi connectivity index (χ3n) is 2.94. The number of amidine groups is 1. The Kier molecular flexibility index (Phi) is 6.21. The molecule has 0 aliphatic carbocycles. The van der Waals surface area contributed by atoms with Gasteiger partial charge in [-0.25, -0.2) is 13.6 Å². The first kappa shape index (κ1) is 20.8. The molecule has 2 rings (SSSR count). The standard InChI is InChI=1S/C14H7ClF5N3O3S/c1-26-9(24)3-8-12(25)22-13(27-8)23-21-4-5-7(15)2-6(14(18,19)20)11(17)10(5)16/h2-4H,1H3,(H,22,23,25)/b8-3+,21-4?. The Hall–Kier alpha value is -2.47. The van der Waals surface area contributed by atoms with Gasteiger partial charge in [-0.1, -0.05) is 11.6 Å². The van der Waals surface area contributed by atoms with Gasteiger partial charge in [-0.3, -0.25) is 10.1 Å². The van der Waals surface area contributed by atoms with Crippen LogP contribution in [0.2, 0.25) is 5.02 Å². The lowest BCUT2D eigenvalue weighted by atomic mass is 10.1. The molecule has 0 radical (unpaired) electrons. The number of hydrogen-bond donors (Lipinski definition) is 1. The molecule has 0 saturated carbocycles. The van der Waals surface area contributed by atoms with E-state index in [-0.39, 0.29) is 16.1 Å². The fourth-order valence-corrected chi connectivity index (χ4v) is 2.69. The number of halogens is 6.